The largest absolute Gasteiger partial charge is 0.334 e. The lowest BCUT2D eigenvalue weighted by molar-refractivity contribution is 0.0572. The Morgan fingerprint density at radius 3 is 1.94 bits per heavy atom. The van der Waals surface area contributed by atoms with Crippen molar-refractivity contribution in [2.45, 2.75) is 4.75 Å². The topological polar surface area (TPSA) is 57.0 Å². The summed E-state index contributed by atoms with van der Waals surface area (Å²) in [4.78, 5) is 19.8. The highest BCUT2D eigenvalue weighted by Crippen LogP contribution is 2.49. The van der Waals surface area contributed by atoms with E-state index in [1.165, 1.54) is 28.0 Å². The summed E-state index contributed by atoms with van der Waals surface area (Å²) in [7, 11) is 0. The lowest BCUT2D eigenvalue weighted by Gasteiger charge is -2.35. The molecular weight excluding hydrogens is 470 g/mol. The summed E-state index contributed by atoms with van der Waals surface area (Å²) in [6, 6.07) is 33.7. The Kier molecular flexibility index (Phi) is 6.80. The summed E-state index contributed by atoms with van der Waals surface area (Å²) in [5, 5.41) is 11.1. The third kappa shape index (κ3) is 4.53. The van der Waals surface area contributed by atoms with E-state index < -0.39 is 4.75 Å². The van der Waals surface area contributed by atoms with Crippen molar-refractivity contribution in [2.75, 3.05) is 13.1 Å². The SMILES string of the molecule is N#CC1CN(C(=O)c2ncsc2/C=C\SC(c2ccccc2)(c2ccccc2)c2ccccc2)C1. The van der Waals surface area contributed by atoms with Gasteiger partial charge in [0.2, 0.25) is 0 Å². The van der Waals surface area contributed by atoms with Crippen molar-refractivity contribution in [3.05, 3.63) is 129 Å². The van der Waals surface area contributed by atoms with Crippen LogP contribution in [0.3, 0.4) is 0 Å². The van der Waals surface area contributed by atoms with Gasteiger partial charge in [0.1, 0.15) is 5.69 Å². The van der Waals surface area contributed by atoms with E-state index in [0.717, 1.165) is 4.88 Å². The van der Waals surface area contributed by atoms with E-state index in [-0.39, 0.29) is 11.8 Å². The number of hydrogen-bond donors (Lipinski definition) is 0. The van der Waals surface area contributed by atoms with Crippen LogP contribution < -0.4 is 0 Å². The van der Waals surface area contributed by atoms with Crippen molar-refractivity contribution in [2.24, 2.45) is 5.92 Å². The average Bonchev–Trinajstić information content (AvgIpc) is 3.36. The molecule has 0 unspecified atom stereocenters. The second-order valence-electron chi connectivity index (χ2n) is 8.30. The van der Waals surface area contributed by atoms with Crippen molar-refractivity contribution in [1.82, 2.24) is 9.88 Å². The zero-order valence-corrected chi connectivity index (χ0v) is 20.6. The number of benzene rings is 3. The summed E-state index contributed by atoms with van der Waals surface area (Å²) in [5.74, 6) is -0.182. The molecule has 0 spiro atoms. The highest BCUT2D eigenvalue weighted by atomic mass is 32.2. The molecule has 6 heteroatoms. The predicted octanol–water partition coefficient (Wildman–Crippen LogP) is 6.43. The third-order valence-corrected chi connectivity index (χ3v) is 8.28. The van der Waals surface area contributed by atoms with Gasteiger partial charge in [0.15, 0.2) is 0 Å². The van der Waals surface area contributed by atoms with Gasteiger partial charge in [0, 0.05) is 13.1 Å². The van der Waals surface area contributed by atoms with Gasteiger partial charge in [0.25, 0.3) is 5.91 Å². The van der Waals surface area contributed by atoms with Gasteiger partial charge >= 0.3 is 0 Å². The van der Waals surface area contributed by atoms with Crippen LogP contribution in [0.25, 0.3) is 6.08 Å². The number of carbonyl (C=O) groups is 1. The first-order chi connectivity index (χ1) is 17.2. The van der Waals surface area contributed by atoms with Gasteiger partial charge < -0.3 is 4.90 Å². The lowest BCUT2D eigenvalue weighted by Crippen LogP contribution is -2.49. The Bertz CT molecular complexity index is 1260. The molecule has 1 aliphatic rings. The average molecular weight is 494 g/mol. The van der Waals surface area contributed by atoms with Crippen LogP contribution in [-0.4, -0.2) is 28.9 Å². The molecule has 0 aliphatic carbocycles. The molecule has 1 saturated heterocycles. The summed E-state index contributed by atoms with van der Waals surface area (Å²) < 4.78 is -0.466. The van der Waals surface area contributed by atoms with Gasteiger partial charge in [-0.05, 0) is 28.2 Å². The molecule has 5 rings (SSSR count). The molecule has 0 N–H and O–H groups in total. The first-order valence-electron chi connectivity index (χ1n) is 11.4. The van der Waals surface area contributed by atoms with Crippen LogP contribution in [0.5, 0.6) is 0 Å². The minimum Gasteiger partial charge on any atom is -0.334 e. The molecule has 0 radical (unpaired) electrons. The number of carbonyl (C=O) groups excluding carboxylic acids is 1. The van der Waals surface area contributed by atoms with E-state index >= 15 is 0 Å². The van der Waals surface area contributed by atoms with Gasteiger partial charge in [-0.1, -0.05) is 91.0 Å². The zero-order valence-electron chi connectivity index (χ0n) is 19.0. The number of rotatable bonds is 7. The molecule has 4 aromatic rings. The van der Waals surface area contributed by atoms with Gasteiger partial charge in [-0.15, -0.1) is 23.1 Å². The van der Waals surface area contributed by atoms with Crippen LogP contribution in [0.15, 0.2) is 102 Å². The molecule has 1 aromatic heterocycles. The lowest BCUT2D eigenvalue weighted by atomic mass is 9.84. The van der Waals surface area contributed by atoms with E-state index in [4.69, 9.17) is 5.26 Å². The van der Waals surface area contributed by atoms with Crippen LogP contribution in [-0.2, 0) is 4.75 Å². The molecule has 3 aromatic carbocycles. The number of nitrogens with zero attached hydrogens (tertiary/aromatic N) is 3. The molecule has 0 atom stereocenters. The number of thioether (sulfide) groups is 1. The Balaban J connectivity index is 1.51. The first-order valence-corrected chi connectivity index (χ1v) is 13.1. The van der Waals surface area contributed by atoms with Crippen molar-refractivity contribution in [1.29, 1.82) is 5.26 Å². The molecular formula is C29H23N3OS2. The monoisotopic (exact) mass is 493 g/mol. The van der Waals surface area contributed by atoms with Crippen LogP contribution in [0.4, 0.5) is 0 Å². The van der Waals surface area contributed by atoms with E-state index in [1.807, 2.05) is 24.3 Å². The van der Waals surface area contributed by atoms with Crippen LogP contribution in [0.1, 0.15) is 32.1 Å². The number of nitriles is 1. The number of likely N-dealkylation sites (tertiary alicyclic amines) is 1. The number of aromatic nitrogens is 1. The fourth-order valence-corrected chi connectivity index (χ4v) is 6.31. The van der Waals surface area contributed by atoms with Crippen LogP contribution in [0.2, 0.25) is 0 Å². The minimum atomic E-state index is -0.466. The molecule has 1 amide bonds. The Hall–Kier alpha value is -3.66. The smallest absolute Gasteiger partial charge is 0.274 e. The summed E-state index contributed by atoms with van der Waals surface area (Å²) in [5.41, 5.74) is 5.69. The summed E-state index contributed by atoms with van der Waals surface area (Å²) in [6.07, 6.45) is 1.99. The molecule has 1 aliphatic heterocycles. The molecule has 0 saturated carbocycles. The fourth-order valence-electron chi connectivity index (χ4n) is 4.33. The highest BCUT2D eigenvalue weighted by Gasteiger charge is 2.36. The van der Waals surface area contributed by atoms with Gasteiger partial charge in [-0.25, -0.2) is 4.98 Å². The molecule has 35 heavy (non-hydrogen) atoms. The normalized spacial score (nSPS) is 14.0. The standard InChI is InChI=1S/C29H23N3OS2/c30-18-22-19-32(20-22)28(33)27-26(34-21-31-27)16-17-35-29(23-10-4-1-5-11-23,24-12-6-2-7-13-24)25-14-8-3-9-15-25/h1-17,21-22H,19-20H2/b17-16-. The number of hydrogen-bond acceptors (Lipinski definition) is 5. The Morgan fingerprint density at radius 2 is 1.46 bits per heavy atom. The van der Waals surface area contributed by atoms with E-state index in [0.29, 0.717) is 18.8 Å². The van der Waals surface area contributed by atoms with Crippen molar-refractivity contribution < 1.29 is 4.79 Å². The maximum atomic E-state index is 12.9. The molecule has 0 bridgehead atoms. The highest BCUT2D eigenvalue weighted by molar-refractivity contribution is 8.03. The van der Waals surface area contributed by atoms with Gasteiger partial charge in [0.05, 0.1) is 27.1 Å². The maximum absolute atomic E-state index is 12.9. The predicted molar refractivity (Wildman–Crippen MR) is 143 cm³/mol. The first kappa shape index (κ1) is 23.1. The molecule has 2 heterocycles. The fraction of sp³-hybridized carbons (Fsp3) is 0.138. The minimum absolute atomic E-state index is 0.0737. The van der Waals surface area contributed by atoms with Gasteiger partial charge in [-0.3, -0.25) is 4.79 Å². The number of thiazole rings is 1. The zero-order chi connectivity index (χ0) is 24.1. The van der Waals surface area contributed by atoms with Crippen molar-refractivity contribution >= 4 is 35.1 Å². The summed E-state index contributed by atoms with van der Waals surface area (Å²) in [6.45, 7) is 0.952. The summed E-state index contributed by atoms with van der Waals surface area (Å²) >= 11 is 3.16. The van der Waals surface area contributed by atoms with E-state index in [2.05, 4.69) is 89.3 Å². The number of amides is 1. The Morgan fingerprint density at radius 1 is 0.943 bits per heavy atom. The van der Waals surface area contributed by atoms with E-state index in [1.54, 1.807) is 22.2 Å². The third-order valence-electron chi connectivity index (χ3n) is 6.15. The van der Waals surface area contributed by atoms with Gasteiger partial charge in [-0.2, -0.15) is 5.26 Å². The van der Waals surface area contributed by atoms with Crippen LogP contribution in [0, 0.1) is 17.2 Å². The van der Waals surface area contributed by atoms with Crippen molar-refractivity contribution in [3.63, 3.8) is 0 Å². The van der Waals surface area contributed by atoms with Crippen LogP contribution >= 0.6 is 23.1 Å². The molecule has 4 nitrogen and oxygen atoms in total. The van der Waals surface area contributed by atoms with Crippen molar-refractivity contribution in [3.8, 4) is 6.07 Å². The molecule has 172 valence electrons. The Labute approximate surface area is 213 Å². The second-order valence-corrected chi connectivity index (χ2v) is 10.3. The molecule has 1 fully saturated rings. The second kappa shape index (κ2) is 10.3. The quantitative estimate of drug-likeness (QED) is 0.278. The maximum Gasteiger partial charge on any atom is 0.274 e. The van der Waals surface area contributed by atoms with E-state index in [9.17, 15) is 4.79 Å².